The van der Waals surface area contributed by atoms with Gasteiger partial charge in [0.25, 0.3) is 5.56 Å². The Balaban J connectivity index is 1.83. The molecule has 1 amide bonds. The molecule has 2 aromatic rings. The average Bonchev–Trinajstić information content (AvgIpc) is 3.15. The fourth-order valence-corrected chi connectivity index (χ4v) is 5.18. The van der Waals surface area contributed by atoms with Gasteiger partial charge in [0.1, 0.15) is 6.54 Å². The maximum absolute atomic E-state index is 12.7. The molecule has 0 spiro atoms. The molecule has 1 fully saturated rings. The number of halogens is 1. The van der Waals surface area contributed by atoms with Crippen LogP contribution in [0.3, 0.4) is 0 Å². The summed E-state index contributed by atoms with van der Waals surface area (Å²) >= 11 is 6.20. The topological polar surface area (TPSA) is 88.5 Å². The highest BCUT2D eigenvalue weighted by Gasteiger charge is 2.27. The van der Waals surface area contributed by atoms with Crippen molar-refractivity contribution in [2.75, 3.05) is 18.4 Å². The molecule has 28 heavy (non-hydrogen) atoms. The Morgan fingerprint density at radius 2 is 1.86 bits per heavy atom. The zero-order valence-corrected chi connectivity index (χ0v) is 17.3. The first-order valence-corrected chi connectivity index (χ1v) is 10.8. The summed E-state index contributed by atoms with van der Waals surface area (Å²) in [6.07, 6.45) is 2.86. The number of benzene rings is 1. The van der Waals surface area contributed by atoms with Crippen molar-refractivity contribution >= 4 is 33.2 Å². The Kier molecular flexibility index (Phi) is 5.92. The normalized spacial score (nSPS) is 15.0. The summed E-state index contributed by atoms with van der Waals surface area (Å²) in [5.74, 6) is -0.466. The zero-order chi connectivity index (χ0) is 20.5. The van der Waals surface area contributed by atoms with Gasteiger partial charge in [0.05, 0.1) is 15.6 Å². The van der Waals surface area contributed by atoms with Gasteiger partial charge >= 0.3 is 0 Å². The van der Waals surface area contributed by atoms with Gasteiger partial charge in [0, 0.05) is 25.4 Å². The second-order valence-electron chi connectivity index (χ2n) is 6.93. The van der Waals surface area contributed by atoms with Crippen molar-refractivity contribution in [3.8, 4) is 0 Å². The number of aromatic nitrogens is 1. The van der Waals surface area contributed by atoms with Crippen molar-refractivity contribution in [1.82, 2.24) is 8.87 Å². The van der Waals surface area contributed by atoms with Crippen LogP contribution >= 0.6 is 11.6 Å². The van der Waals surface area contributed by atoms with Crippen LogP contribution in [-0.2, 0) is 21.4 Å². The summed E-state index contributed by atoms with van der Waals surface area (Å²) in [4.78, 5) is 24.6. The van der Waals surface area contributed by atoms with Crippen molar-refractivity contribution in [3.05, 3.63) is 57.0 Å². The van der Waals surface area contributed by atoms with E-state index in [9.17, 15) is 18.0 Å². The highest BCUT2D eigenvalue weighted by atomic mass is 35.5. The van der Waals surface area contributed by atoms with E-state index in [0.717, 1.165) is 28.5 Å². The first-order valence-electron chi connectivity index (χ1n) is 8.96. The number of aryl methyl sites for hydroxylation is 2. The smallest absolute Gasteiger partial charge is 0.251 e. The Morgan fingerprint density at radius 1 is 1.18 bits per heavy atom. The lowest BCUT2D eigenvalue weighted by Crippen LogP contribution is -2.31. The lowest BCUT2D eigenvalue weighted by atomic mass is 10.1. The van der Waals surface area contributed by atoms with Crippen LogP contribution < -0.4 is 10.9 Å². The summed E-state index contributed by atoms with van der Waals surface area (Å²) in [5.41, 5.74) is 1.79. The van der Waals surface area contributed by atoms with E-state index in [0.29, 0.717) is 23.8 Å². The lowest BCUT2D eigenvalue weighted by molar-refractivity contribution is -0.116. The number of anilines is 1. The second kappa shape index (κ2) is 8.06. The molecule has 0 unspecified atom stereocenters. The highest BCUT2D eigenvalue weighted by Crippen LogP contribution is 2.27. The number of sulfonamides is 1. The first kappa shape index (κ1) is 20.6. The number of pyridine rings is 1. The molecule has 0 radical (unpaired) electrons. The van der Waals surface area contributed by atoms with Gasteiger partial charge in [-0.05, 0) is 49.9 Å². The van der Waals surface area contributed by atoms with E-state index in [2.05, 4.69) is 5.32 Å². The maximum atomic E-state index is 12.7. The van der Waals surface area contributed by atoms with E-state index in [1.807, 2.05) is 19.9 Å². The van der Waals surface area contributed by atoms with Crippen molar-refractivity contribution in [2.45, 2.75) is 38.1 Å². The van der Waals surface area contributed by atoms with Crippen LogP contribution in [0.5, 0.6) is 0 Å². The van der Waals surface area contributed by atoms with E-state index < -0.39 is 21.5 Å². The quantitative estimate of drug-likeness (QED) is 0.800. The first-order chi connectivity index (χ1) is 13.2. The molecule has 0 aliphatic carbocycles. The molecule has 1 aliphatic heterocycles. The number of nitrogens with zero attached hydrogens (tertiary/aromatic N) is 2. The van der Waals surface area contributed by atoms with Crippen molar-refractivity contribution < 1.29 is 13.2 Å². The number of hydrogen-bond donors (Lipinski definition) is 1. The highest BCUT2D eigenvalue weighted by molar-refractivity contribution is 7.89. The molecule has 0 bridgehead atoms. The van der Waals surface area contributed by atoms with Crippen LogP contribution in [0.4, 0.5) is 5.69 Å². The molecule has 7 nitrogen and oxygen atoms in total. The van der Waals surface area contributed by atoms with E-state index in [-0.39, 0.29) is 11.4 Å². The third-order valence-corrected chi connectivity index (χ3v) is 6.85. The van der Waals surface area contributed by atoms with Gasteiger partial charge in [0.2, 0.25) is 15.9 Å². The minimum absolute atomic E-state index is 0.00588. The Hall–Kier alpha value is -2.16. The third-order valence-electron chi connectivity index (χ3n) is 4.67. The average molecular weight is 424 g/mol. The van der Waals surface area contributed by atoms with E-state index >= 15 is 0 Å². The molecule has 1 saturated heterocycles. The number of amides is 1. The molecule has 1 aromatic heterocycles. The Bertz CT molecular complexity index is 1050. The number of carbonyl (C=O) groups excluding carboxylic acids is 1. The van der Waals surface area contributed by atoms with Gasteiger partial charge in [-0.2, -0.15) is 4.31 Å². The van der Waals surface area contributed by atoms with Gasteiger partial charge in [-0.25, -0.2) is 8.42 Å². The van der Waals surface area contributed by atoms with Gasteiger partial charge in [0.15, 0.2) is 0 Å². The molecule has 9 heteroatoms. The molecule has 1 aliphatic rings. The van der Waals surface area contributed by atoms with Crippen LogP contribution in [0.1, 0.15) is 24.0 Å². The van der Waals surface area contributed by atoms with Crippen molar-refractivity contribution in [1.29, 1.82) is 0 Å². The van der Waals surface area contributed by atoms with Gasteiger partial charge in [-0.1, -0.05) is 17.7 Å². The van der Waals surface area contributed by atoms with Crippen LogP contribution in [0.15, 0.2) is 40.2 Å². The summed E-state index contributed by atoms with van der Waals surface area (Å²) in [7, 11) is -3.67. The largest absolute Gasteiger partial charge is 0.323 e. The van der Waals surface area contributed by atoms with Crippen LogP contribution in [-0.4, -0.2) is 36.3 Å². The SMILES string of the molecule is Cc1cc(C)c(NC(=O)Cn2cc(S(=O)(=O)N3CCCC3)ccc2=O)c(Cl)c1. The van der Waals surface area contributed by atoms with E-state index in [1.54, 1.807) is 6.07 Å². The lowest BCUT2D eigenvalue weighted by Gasteiger charge is -2.16. The minimum atomic E-state index is -3.67. The molecule has 1 N–H and O–H groups in total. The summed E-state index contributed by atoms with van der Waals surface area (Å²) < 4.78 is 27.9. The molecule has 3 rings (SSSR count). The fourth-order valence-electron chi connectivity index (χ4n) is 3.27. The number of carbonyl (C=O) groups is 1. The van der Waals surface area contributed by atoms with Gasteiger partial charge in [-0.15, -0.1) is 0 Å². The summed E-state index contributed by atoms with van der Waals surface area (Å²) in [6.45, 7) is 4.34. The molecular weight excluding hydrogens is 402 g/mol. The monoisotopic (exact) mass is 423 g/mol. The van der Waals surface area contributed by atoms with Crippen molar-refractivity contribution in [3.63, 3.8) is 0 Å². The molecule has 0 saturated carbocycles. The predicted octanol–water partition coefficient (Wildman–Crippen LogP) is 2.54. The second-order valence-corrected chi connectivity index (χ2v) is 9.27. The minimum Gasteiger partial charge on any atom is -0.323 e. The van der Waals surface area contributed by atoms with Crippen LogP contribution in [0, 0.1) is 13.8 Å². The number of nitrogens with one attached hydrogen (secondary N) is 1. The van der Waals surface area contributed by atoms with Crippen molar-refractivity contribution in [2.24, 2.45) is 0 Å². The van der Waals surface area contributed by atoms with E-state index in [4.69, 9.17) is 11.6 Å². The van der Waals surface area contributed by atoms with Gasteiger partial charge < -0.3 is 9.88 Å². The van der Waals surface area contributed by atoms with Gasteiger partial charge in [-0.3, -0.25) is 9.59 Å². The molecular formula is C19H22ClN3O4S. The summed E-state index contributed by atoms with van der Waals surface area (Å²) in [6, 6.07) is 6.07. The van der Waals surface area contributed by atoms with E-state index in [1.165, 1.54) is 22.6 Å². The van der Waals surface area contributed by atoms with Crippen LogP contribution in [0.2, 0.25) is 5.02 Å². The molecule has 0 atom stereocenters. The number of rotatable bonds is 5. The maximum Gasteiger partial charge on any atom is 0.251 e. The standard InChI is InChI=1S/C19H22ClN3O4S/c1-13-9-14(2)19(16(20)10-13)21-17(24)12-22-11-15(5-6-18(22)25)28(26,27)23-7-3-4-8-23/h5-6,9-11H,3-4,7-8,12H2,1-2H3,(H,21,24). The molecule has 150 valence electrons. The number of hydrogen-bond acceptors (Lipinski definition) is 4. The Labute approximate surface area is 169 Å². The molecule has 2 heterocycles. The summed E-state index contributed by atoms with van der Waals surface area (Å²) in [5, 5.41) is 3.11. The fraction of sp³-hybridized carbons (Fsp3) is 0.368. The third kappa shape index (κ3) is 4.29. The predicted molar refractivity (Wildman–Crippen MR) is 108 cm³/mol. The zero-order valence-electron chi connectivity index (χ0n) is 15.7. The Morgan fingerprint density at radius 3 is 2.50 bits per heavy atom. The molecule has 1 aromatic carbocycles. The van der Waals surface area contributed by atoms with Crippen LogP contribution in [0.25, 0.3) is 0 Å².